The lowest BCUT2D eigenvalue weighted by atomic mass is 10.0. The predicted octanol–water partition coefficient (Wildman–Crippen LogP) is 4.41. The topological polar surface area (TPSA) is 197 Å². The van der Waals surface area contributed by atoms with Crippen LogP contribution in [0.4, 0.5) is 0 Å². The number of aliphatic hydroxyl groups is 2. The second-order valence-corrected chi connectivity index (χ2v) is 15.4. The lowest BCUT2D eigenvalue weighted by molar-refractivity contribution is -0.140. The van der Waals surface area contributed by atoms with Crippen LogP contribution in [0, 0.1) is 11.8 Å². The van der Waals surface area contributed by atoms with Crippen LogP contribution in [0.5, 0.6) is 0 Å². The third-order valence-electron chi connectivity index (χ3n) is 10.5. The number of nitrogens with zero attached hydrogens (tertiary/aromatic N) is 4. The smallest absolute Gasteiger partial charge is 0.249 e. The number of rotatable bonds is 13. The van der Waals surface area contributed by atoms with Gasteiger partial charge in [-0.15, -0.1) is 0 Å². The molecule has 0 spiro atoms. The average Bonchev–Trinajstić information content (AvgIpc) is 4.03. The number of nitrogens with one attached hydrogen (secondary N) is 4. The van der Waals surface area contributed by atoms with Crippen LogP contribution in [0.1, 0.15) is 78.5 Å². The number of hydrogen-bond donors (Lipinski definition) is 6. The molecule has 296 valence electrons. The summed E-state index contributed by atoms with van der Waals surface area (Å²) in [5.74, 6) is -0.872. The molecule has 6 N–H and O–H groups in total. The fourth-order valence-corrected chi connectivity index (χ4v) is 7.07. The van der Waals surface area contributed by atoms with Gasteiger partial charge in [-0.1, -0.05) is 82.3 Å². The van der Waals surface area contributed by atoms with E-state index in [0.717, 1.165) is 46.5 Å². The van der Waals surface area contributed by atoms with E-state index in [9.17, 15) is 29.4 Å². The average molecular weight is 765 g/mol. The maximum absolute atomic E-state index is 13.3. The summed E-state index contributed by atoms with van der Waals surface area (Å²) in [5, 5.41) is 25.5. The number of likely N-dealkylation sites (tertiary alicyclic amines) is 1. The predicted molar refractivity (Wildman–Crippen MR) is 212 cm³/mol. The number of benzene rings is 2. The molecule has 0 aliphatic carbocycles. The third kappa shape index (κ3) is 8.61. The second-order valence-electron chi connectivity index (χ2n) is 15.4. The Morgan fingerprint density at radius 3 is 1.75 bits per heavy atom. The third-order valence-corrected chi connectivity index (χ3v) is 10.5. The van der Waals surface area contributed by atoms with Crippen molar-refractivity contribution in [1.29, 1.82) is 0 Å². The zero-order valence-electron chi connectivity index (χ0n) is 32.7. The first-order valence-electron chi connectivity index (χ1n) is 19.3. The van der Waals surface area contributed by atoms with Crippen LogP contribution < -0.4 is 10.6 Å². The number of amides is 4. The van der Waals surface area contributed by atoms with Gasteiger partial charge in [0.15, 0.2) is 5.82 Å². The van der Waals surface area contributed by atoms with E-state index >= 15 is 0 Å². The van der Waals surface area contributed by atoms with Crippen LogP contribution in [0.3, 0.4) is 0 Å². The summed E-state index contributed by atoms with van der Waals surface area (Å²) in [5.41, 5.74) is 6.22. The number of aliphatic hydroxyl groups excluding tert-OH is 2. The molecule has 2 aliphatic rings. The van der Waals surface area contributed by atoms with Crippen molar-refractivity contribution in [2.45, 2.75) is 91.1 Å². The Balaban J connectivity index is 1.07. The monoisotopic (exact) mass is 764 g/mol. The first-order chi connectivity index (χ1) is 26.7. The molecule has 14 heteroatoms. The molecule has 0 saturated carbocycles. The van der Waals surface area contributed by atoms with Crippen LogP contribution in [0.15, 0.2) is 67.0 Å². The molecule has 14 nitrogen and oxygen atoms in total. The van der Waals surface area contributed by atoms with Gasteiger partial charge in [0.1, 0.15) is 30.1 Å². The molecule has 5 atom stereocenters. The highest BCUT2D eigenvalue weighted by Gasteiger charge is 2.36. The first-order valence-corrected chi connectivity index (χ1v) is 19.3. The van der Waals surface area contributed by atoms with Gasteiger partial charge in [-0.25, -0.2) is 9.97 Å². The lowest BCUT2D eigenvalue weighted by Gasteiger charge is -2.27. The summed E-state index contributed by atoms with van der Waals surface area (Å²) in [6.07, 6.45) is 5.34. The minimum Gasteiger partial charge on any atom is -0.383 e. The number of hydrogen-bond acceptors (Lipinski definition) is 8. The van der Waals surface area contributed by atoms with E-state index in [1.54, 1.807) is 63.7 Å². The van der Waals surface area contributed by atoms with Crippen molar-refractivity contribution in [2.75, 3.05) is 13.1 Å². The fraction of sp³-hybridized carbons (Fsp3) is 0.429. The molecule has 2 aliphatic heterocycles. The molecule has 1 saturated heterocycles. The minimum absolute atomic E-state index is 0.208. The first kappa shape index (κ1) is 40.1. The number of aromatic amines is 2. The molecule has 0 bridgehead atoms. The minimum atomic E-state index is -1.19. The van der Waals surface area contributed by atoms with E-state index < -0.39 is 36.1 Å². The molecule has 56 heavy (non-hydrogen) atoms. The number of H-pyrrole nitrogens is 2. The Kier molecular flexibility index (Phi) is 12.2. The molecule has 0 radical (unpaired) electrons. The molecule has 2 aromatic carbocycles. The number of imidazole rings is 2. The van der Waals surface area contributed by atoms with E-state index in [1.807, 2.05) is 54.6 Å². The molecule has 1 fully saturated rings. The maximum Gasteiger partial charge on any atom is 0.249 e. The maximum atomic E-state index is 13.3. The summed E-state index contributed by atoms with van der Waals surface area (Å²) in [6.45, 7) is 11.3. The van der Waals surface area contributed by atoms with Gasteiger partial charge < -0.3 is 40.6 Å². The van der Waals surface area contributed by atoms with Crippen molar-refractivity contribution in [2.24, 2.45) is 11.8 Å². The molecule has 6 rings (SSSR count). The van der Waals surface area contributed by atoms with Gasteiger partial charge in [-0.3, -0.25) is 19.2 Å². The lowest BCUT2D eigenvalue weighted by Crippen LogP contribution is -2.50. The number of aromatic nitrogens is 4. The highest BCUT2D eigenvalue weighted by Crippen LogP contribution is 2.33. The Morgan fingerprint density at radius 1 is 0.696 bits per heavy atom. The number of carbonyl (C=O) groups is 4. The van der Waals surface area contributed by atoms with Gasteiger partial charge >= 0.3 is 0 Å². The molecule has 0 unspecified atom stereocenters. The Morgan fingerprint density at radius 2 is 1.20 bits per heavy atom. The largest absolute Gasteiger partial charge is 0.383 e. The molecule has 4 aromatic rings. The van der Waals surface area contributed by atoms with Crippen molar-refractivity contribution in [3.05, 3.63) is 78.6 Å². The van der Waals surface area contributed by atoms with Gasteiger partial charge in [0.2, 0.25) is 23.6 Å². The van der Waals surface area contributed by atoms with Crippen LogP contribution in [-0.2, 0) is 19.2 Å². The van der Waals surface area contributed by atoms with E-state index in [2.05, 4.69) is 30.6 Å². The van der Waals surface area contributed by atoms with Crippen molar-refractivity contribution < 1.29 is 29.4 Å². The van der Waals surface area contributed by atoms with Crippen molar-refractivity contribution in [3.8, 4) is 33.6 Å². The Bertz CT molecular complexity index is 2070. The van der Waals surface area contributed by atoms with E-state index in [0.29, 0.717) is 36.9 Å². The highest BCUT2D eigenvalue weighted by molar-refractivity contribution is 5.94. The fourth-order valence-electron chi connectivity index (χ4n) is 7.07. The summed E-state index contributed by atoms with van der Waals surface area (Å²) >= 11 is 0. The summed E-state index contributed by atoms with van der Waals surface area (Å²) in [6, 6.07) is 14.4. The van der Waals surface area contributed by atoms with E-state index in [4.69, 9.17) is 0 Å². The van der Waals surface area contributed by atoms with Crippen molar-refractivity contribution in [3.63, 3.8) is 0 Å². The van der Waals surface area contributed by atoms with Gasteiger partial charge in [0, 0.05) is 13.1 Å². The standard InChI is InChI=1S/C42H52N8O6/c1-23(2)35(51)39(53)45-25(5)41(55)49-19-7-9-33(49)37-43-21-31(47-37)29-15-11-27(12-16-29)28-13-17-30(18-14-28)32-22-44-38(48-32)34-10-8-20-50(34)42(56)26(6)46-40(54)36(52)24(3)4/h9,11-18,21-26,34-36,51-52H,7-8,10,19-20H2,1-6H3,(H,43,47)(H,44,48)(H,45,53)(H,46,54)/t25-,26-,34-,35+,36+/m0/s1. The Labute approximate surface area is 326 Å². The molecule has 4 heterocycles. The van der Waals surface area contributed by atoms with Crippen LogP contribution in [-0.4, -0.2) is 101 Å². The van der Waals surface area contributed by atoms with Gasteiger partial charge in [0.25, 0.3) is 0 Å². The zero-order chi connectivity index (χ0) is 40.3. The normalized spacial score (nSPS) is 17.8. The molecular formula is C42H52N8O6. The van der Waals surface area contributed by atoms with Crippen LogP contribution >= 0.6 is 0 Å². The second kappa shape index (κ2) is 17.0. The molecular weight excluding hydrogens is 713 g/mol. The summed E-state index contributed by atoms with van der Waals surface area (Å²) in [7, 11) is 0. The van der Waals surface area contributed by atoms with E-state index in [-0.39, 0.29) is 29.7 Å². The molecule has 4 amide bonds. The van der Waals surface area contributed by atoms with Gasteiger partial charge in [-0.2, -0.15) is 0 Å². The van der Waals surface area contributed by atoms with Crippen molar-refractivity contribution in [1.82, 2.24) is 40.4 Å². The summed E-state index contributed by atoms with van der Waals surface area (Å²) in [4.78, 5) is 70.7. The molecule has 2 aromatic heterocycles. The summed E-state index contributed by atoms with van der Waals surface area (Å²) < 4.78 is 0. The SMILES string of the molecule is CC(C)[C@@H](O)C(=O)N[C@@H](C)C(=O)N1CCC=C1c1ncc(-c2ccc(-c3ccc(-c4cnc([C@@H]5CCCN5C(=O)[C@H](C)NC(=O)[C@H](O)C(C)C)[nH]4)cc3)cc2)[nH]1. The van der Waals surface area contributed by atoms with Crippen LogP contribution in [0.25, 0.3) is 39.3 Å². The highest BCUT2D eigenvalue weighted by atomic mass is 16.3. The van der Waals surface area contributed by atoms with Crippen LogP contribution in [0.2, 0.25) is 0 Å². The zero-order valence-corrected chi connectivity index (χ0v) is 32.7. The van der Waals surface area contributed by atoms with E-state index in [1.165, 1.54) is 0 Å². The van der Waals surface area contributed by atoms with Crippen molar-refractivity contribution >= 4 is 29.3 Å². The van der Waals surface area contributed by atoms with Gasteiger partial charge in [0.05, 0.1) is 35.5 Å². The quantitative estimate of drug-likeness (QED) is 0.115. The van der Waals surface area contributed by atoms with Gasteiger partial charge in [-0.05, 0) is 67.2 Å². The Hall–Kier alpha value is -5.60. The number of carbonyl (C=O) groups excluding carboxylic acids is 4.